The van der Waals surface area contributed by atoms with Crippen molar-refractivity contribution in [3.63, 3.8) is 0 Å². The molecule has 1 aliphatic rings. The van der Waals surface area contributed by atoms with E-state index in [9.17, 15) is 4.79 Å². The standard InChI is InChI=1S/C16H10ClN7O2/c17-9-5-3-8(4-6-9)12-11-13(15(25)20-19-12)18-16-21-22-23-24(16)14(11)10-2-1-7-26-10/h1-7,14H,(H,20,25)(H,18,21,23)/t14-/m0/s1. The van der Waals surface area contributed by atoms with Crippen LogP contribution in [0.15, 0.2) is 51.9 Å². The van der Waals surface area contributed by atoms with E-state index in [1.54, 1.807) is 35.2 Å². The van der Waals surface area contributed by atoms with Gasteiger partial charge in [-0.25, -0.2) is 5.10 Å². The number of aromatic amines is 1. The van der Waals surface area contributed by atoms with Gasteiger partial charge < -0.3 is 9.73 Å². The molecular formula is C16H10ClN7O2. The van der Waals surface area contributed by atoms with Gasteiger partial charge in [-0.15, -0.1) is 0 Å². The van der Waals surface area contributed by atoms with E-state index in [4.69, 9.17) is 16.0 Å². The SMILES string of the molecule is O=c1[nH]nc(-c2ccc(Cl)cc2)c2c1Nc1nnnn1[C@H]2c1ccco1. The van der Waals surface area contributed by atoms with Crippen LogP contribution in [0.5, 0.6) is 0 Å². The van der Waals surface area contributed by atoms with E-state index in [1.165, 1.54) is 0 Å². The normalized spacial score (nSPS) is 15.2. The molecule has 0 radical (unpaired) electrons. The van der Waals surface area contributed by atoms with Crippen molar-refractivity contribution < 1.29 is 4.42 Å². The first-order valence-corrected chi connectivity index (χ1v) is 8.07. The molecule has 2 N–H and O–H groups in total. The van der Waals surface area contributed by atoms with Crippen LogP contribution in [-0.4, -0.2) is 30.4 Å². The Bertz CT molecular complexity index is 1150. The quantitative estimate of drug-likeness (QED) is 0.492. The number of hydrogen-bond acceptors (Lipinski definition) is 7. The van der Waals surface area contributed by atoms with Gasteiger partial charge in [0.1, 0.15) is 17.5 Å². The van der Waals surface area contributed by atoms with Gasteiger partial charge in [-0.3, -0.25) is 4.79 Å². The second-order valence-corrected chi connectivity index (χ2v) is 6.12. The molecular weight excluding hydrogens is 358 g/mol. The number of rotatable bonds is 2. The van der Waals surface area contributed by atoms with Gasteiger partial charge in [0, 0.05) is 16.1 Å². The fourth-order valence-electron chi connectivity index (χ4n) is 3.08. The number of nitrogens with one attached hydrogen (secondary N) is 2. The number of tetrazole rings is 1. The van der Waals surface area contributed by atoms with E-state index in [-0.39, 0.29) is 5.56 Å². The number of furan rings is 1. The molecule has 0 amide bonds. The second kappa shape index (κ2) is 5.53. The van der Waals surface area contributed by atoms with Gasteiger partial charge in [0.25, 0.3) is 5.56 Å². The van der Waals surface area contributed by atoms with Crippen LogP contribution in [0.3, 0.4) is 0 Å². The summed E-state index contributed by atoms with van der Waals surface area (Å²) in [6.07, 6.45) is 1.56. The van der Waals surface area contributed by atoms with Crippen LogP contribution in [0.2, 0.25) is 5.02 Å². The third-order valence-electron chi connectivity index (χ3n) is 4.20. The molecule has 0 saturated carbocycles. The number of nitrogens with zero attached hydrogens (tertiary/aromatic N) is 5. The van der Waals surface area contributed by atoms with E-state index >= 15 is 0 Å². The summed E-state index contributed by atoms with van der Waals surface area (Å²) in [7, 11) is 0. The Labute approximate surface area is 150 Å². The first-order valence-electron chi connectivity index (χ1n) is 7.69. The molecule has 10 heteroatoms. The summed E-state index contributed by atoms with van der Waals surface area (Å²) < 4.78 is 7.16. The largest absolute Gasteiger partial charge is 0.467 e. The number of halogens is 1. The van der Waals surface area contributed by atoms with E-state index in [0.29, 0.717) is 33.7 Å². The highest BCUT2D eigenvalue weighted by Crippen LogP contribution is 2.41. The van der Waals surface area contributed by atoms with Gasteiger partial charge in [0.05, 0.1) is 12.0 Å². The molecule has 4 heterocycles. The molecule has 0 saturated heterocycles. The molecule has 0 fully saturated rings. The summed E-state index contributed by atoms with van der Waals surface area (Å²) in [5.74, 6) is 0.932. The van der Waals surface area contributed by atoms with Crippen LogP contribution < -0.4 is 10.9 Å². The van der Waals surface area contributed by atoms with Crippen molar-refractivity contribution in [3.8, 4) is 11.3 Å². The predicted octanol–water partition coefficient (Wildman–Crippen LogP) is 2.36. The molecule has 0 bridgehead atoms. The maximum absolute atomic E-state index is 12.4. The lowest BCUT2D eigenvalue weighted by Gasteiger charge is -2.26. The minimum atomic E-state index is -0.535. The van der Waals surface area contributed by atoms with Gasteiger partial charge >= 0.3 is 0 Å². The summed E-state index contributed by atoms with van der Waals surface area (Å²) in [6.45, 7) is 0. The minimum Gasteiger partial charge on any atom is -0.467 e. The highest BCUT2D eigenvalue weighted by molar-refractivity contribution is 6.30. The average molecular weight is 368 g/mol. The first-order chi connectivity index (χ1) is 12.7. The van der Waals surface area contributed by atoms with Crippen LogP contribution in [0.1, 0.15) is 17.4 Å². The minimum absolute atomic E-state index is 0.327. The molecule has 0 spiro atoms. The Balaban J connectivity index is 1.82. The monoisotopic (exact) mass is 367 g/mol. The summed E-state index contributed by atoms with van der Waals surface area (Å²) in [4.78, 5) is 12.4. The zero-order valence-corrected chi connectivity index (χ0v) is 13.8. The Hall–Kier alpha value is -3.46. The Morgan fingerprint density at radius 2 is 2.04 bits per heavy atom. The molecule has 3 aromatic heterocycles. The molecule has 4 aromatic rings. The van der Waals surface area contributed by atoms with Crippen LogP contribution in [0, 0.1) is 0 Å². The molecule has 0 aliphatic carbocycles. The average Bonchev–Trinajstić information content (AvgIpc) is 3.33. The maximum Gasteiger partial charge on any atom is 0.288 e. The highest BCUT2D eigenvalue weighted by atomic mass is 35.5. The van der Waals surface area contributed by atoms with E-state index in [0.717, 1.165) is 5.56 Å². The van der Waals surface area contributed by atoms with E-state index < -0.39 is 6.04 Å². The third-order valence-corrected chi connectivity index (χ3v) is 4.45. The van der Waals surface area contributed by atoms with Crippen molar-refractivity contribution in [1.82, 2.24) is 30.4 Å². The predicted molar refractivity (Wildman–Crippen MR) is 92.4 cm³/mol. The summed E-state index contributed by atoms with van der Waals surface area (Å²) in [5.41, 5.74) is 1.94. The second-order valence-electron chi connectivity index (χ2n) is 5.69. The highest BCUT2D eigenvalue weighted by Gasteiger charge is 2.35. The topological polar surface area (TPSA) is 115 Å². The smallest absolute Gasteiger partial charge is 0.288 e. The molecule has 5 rings (SSSR count). The van der Waals surface area contributed by atoms with E-state index in [2.05, 4.69) is 31.0 Å². The summed E-state index contributed by atoms with van der Waals surface area (Å²) >= 11 is 5.99. The number of H-pyrrole nitrogens is 1. The van der Waals surface area contributed by atoms with Gasteiger partial charge in [-0.05, 0) is 34.7 Å². The van der Waals surface area contributed by atoms with Crippen molar-refractivity contribution in [3.05, 3.63) is 69.4 Å². The maximum atomic E-state index is 12.4. The van der Waals surface area contributed by atoms with Gasteiger partial charge in [0.2, 0.25) is 5.95 Å². The zero-order valence-electron chi connectivity index (χ0n) is 13.0. The van der Waals surface area contributed by atoms with Crippen LogP contribution in [0.4, 0.5) is 11.6 Å². The fourth-order valence-corrected chi connectivity index (χ4v) is 3.20. The first kappa shape index (κ1) is 14.8. The van der Waals surface area contributed by atoms with E-state index in [1.807, 2.05) is 12.1 Å². The van der Waals surface area contributed by atoms with Crippen molar-refractivity contribution in [1.29, 1.82) is 0 Å². The van der Waals surface area contributed by atoms with Crippen LogP contribution in [0.25, 0.3) is 11.3 Å². The van der Waals surface area contributed by atoms with Gasteiger partial charge in [-0.2, -0.15) is 9.78 Å². The lowest BCUT2D eigenvalue weighted by molar-refractivity contribution is 0.435. The fraction of sp³-hybridized carbons (Fsp3) is 0.0625. The molecule has 128 valence electrons. The number of aromatic nitrogens is 6. The molecule has 0 unspecified atom stereocenters. The summed E-state index contributed by atoms with van der Waals surface area (Å²) in [5, 5.41) is 22.0. The molecule has 9 nitrogen and oxygen atoms in total. The van der Waals surface area contributed by atoms with Gasteiger partial charge in [-0.1, -0.05) is 28.8 Å². The number of fused-ring (bicyclic) bond motifs is 2. The molecule has 26 heavy (non-hydrogen) atoms. The number of anilines is 2. The van der Waals surface area contributed by atoms with Crippen molar-refractivity contribution in [2.45, 2.75) is 6.04 Å². The number of hydrogen-bond donors (Lipinski definition) is 2. The lowest BCUT2D eigenvalue weighted by Crippen LogP contribution is -2.28. The Morgan fingerprint density at radius 3 is 2.81 bits per heavy atom. The van der Waals surface area contributed by atoms with Crippen molar-refractivity contribution in [2.24, 2.45) is 0 Å². The molecule has 1 aromatic carbocycles. The van der Waals surface area contributed by atoms with Crippen LogP contribution in [-0.2, 0) is 0 Å². The van der Waals surface area contributed by atoms with Crippen molar-refractivity contribution >= 4 is 23.2 Å². The van der Waals surface area contributed by atoms with Crippen LogP contribution >= 0.6 is 11.6 Å². The molecule has 1 aliphatic heterocycles. The zero-order chi connectivity index (χ0) is 17.7. The van der Waals surface area contributed by atoms with Crippen molar-refractivity contribution in [2.75, 3.05) is 5.32 Å². The number of benzene rings is 1. The third kappa shape index (κ3) is 2.14. The Morgan fingerprint density at radius 1 is 1.19 bits per heavy atom. The lowest BCUT2D eigenvalue weighted by atomic mass is 9.96. The van der Waals surface area contributed by atoms with Gasteiger partial charge in [0.15, 0.2) is 0 Å². The Kier molecular flexibility index (Phi) is 3.16. The summed E-state index contributed by atoms with van der Waals surface area (Å²) in [6, 6.07) is 10.2. The molecule has 1 atom stereocenters.